The molecule has 0 aliphatic carbocycles. The Balaban J connectivity index is 2.49. The predicted octanol–water partition coefficient (Wildman–Crippen LogP) is 3.24. The van der Waals surface area contributed by atoms with Gasteiger partial charge in [-0.15, -0.1) is 11.3 Å². The van der Waals surface area contributed by atoms with Gasteiger partial charge in [-0.3, -0.25) is 4.79 Å². The van der Waals surface area contributed by atoms with E-state index in [1.165, 1.54) is 22.5 Å². The lowest BCUT2D eigenvalue weighted by Gasteiger charge is -2.02. The van der Waals surface area contributed by atoms with Crippen LogP contribution in [-0.2, 0) is 0 Å². The minimum atomic E-state index is 0.671. The molecule has 2 rings (SSSR count). The predicted molar refractivity (Wildman–Crippen MR) is 62.4 cm³/mol. The van der Waals surface area contributed by atoms with E-state index < -0.39 is 0 Å². The van der Waals surface area contributed by atoms with Crippen LogP contribution in [0.3, 0.4) is 0 Å². The molecule has 2 aromatic rings. The van der Waals surface area contributed by atoms with E-state index in [0.29, 0.717) is 4.88 Å². The number of rotatable bonds is 2. The molecule has 1 aromatic heterocycles. The molecule has 0 fully saturated rings. The highest BCUT2D eigenvalue weighted by Gasteiger charge is 2.06. The van der Waals surface area contributed by atoms with Gasteiger partial charge in [0.25, 0.3) is 0 Å². The van der Waals surface area contributed by atoms with Gasteiger partial charge in [0.15, 0.2) is 6.29 Å². The van der Waals surface area contributed by atoms with Gasteiger partial charge < -0.3 is 0 Å². The third-order valence-electron chi connectivity index (χ3n) is 2.25. The number of aromatic nitrogens is 1. The van der Waals surface area contributed by atoms with Crippen LogP contribution in [0.15, 0.2) is 24.4 Å². The van der Waals surface area contributed by atoms with Gasteiger partial charge in [-0.2, -0.15) is 0 Å². The van der Waals surface area contributed by atoms with Crippen LogP contribution in [-0.4, -0.2) is 11.3 Å². The molecule has 0 saturated carbocycles. The zero-order valence-electron chi connectivity index (χ0n) is 8.65. The Bertz CT molecular complexity index is 502. The fourth-order valence-corrected chi connectivity index (χ4v) is 2.34. The average Bonchev–Trinajstić information content (AvgIpc) is 2.66. The van der Waals surface area contributed by atoms with Crippen LogP contribution >= 0.6 is 11.3 Å². The number of nitrogens with zero attached hydrogens (tertiary/aromatic N) is 1. The summed E-state index contributed by atoms with van der Waals surface area (Å²) in [6.45, 7) is 4.12. The molecular weight excluding hydrogens is 206 g/mol. The Kier molecular flexibility index (Phi) is 2.64. The van der Waals surface area contributed by atoms with Crippen LogP contribution in [0.25, 0.3) is 10.6 Å². The third kappa shape index (κ3) is 1.97. The van der Waals surface area contributed by atoms with E-state index in [4.69, 9.17) is 0 Å². The highest BCUT2D eigenvalue weighted by Crippen LogP contribution is 2.27. The van der Waals surface area contributed by atoms with E-state index in [0.717, 1.165) is 16.9 Å². The Labute approximate surface area is 92.6 Å². The van der Waals surface area contributed by atoms with Crippen molar-refractivity contribution in [1.82, 2.24) is 4.98 Å². The molecule has 0 atom stereocenters. The van der Waals surface area contributed by atoms with Crippen molar-refractivity contribution in [1.29, 1.82) is 0 Å². The van der Waals surface area contributed by atoms with Gasteiger partial charge in [0.1, 0.15) is 5.01 Å². The Hall–Kier alpha value is -1.48. The van der Waals surface area contributed by atoms with Crippen LogP contribution in [0.5, 0.6) is 0 Å². The summed E-state index contributed by atoms with van der Waals surface area (Å²) in [5.41, 5.74) is 3.55. The molecule has 0 bridgehead atoms. The van der Waals surface area contributed by atoms with E-state index in [2.05, 4.69) is 37.0 Å². The number of benzene rings is 1. The third-order valence-corrected chi connectivity index (χ3v) is 3.21. The Morgan fingerprint density at radius 3 is 2.73 bits per heavy atom. The van der Waals surface area contributed by atoms with Crippen LogP contribution in [0, 0.1) is 13.8 Å². The second-order valence-electron chi connectivity index (χ2n) is 3.50. The van der Waals surface area contributed by atoms with Crippen LogP contribution in [0.4, 0.5) is 0 Å². The van der Waals surface area contributed by atoms with Gasteiger partial charge in [0, 0.05) is 11.8 Å². The molecule has 0 N–H and O–H groups in total. The first-order valence-corrected chi connectivity index (χ1v) is 5.51. The quantitative estimate of drug-likeness (QED) is 0.723. The highest BCUT2D eigenvalue weighted by atomic mass is 32.1. The largest absolute Gasteiger partial charge is 0.297 e. The van der Waals surface area contributed by atoms with Gasteiger partial charge in [-0.1, -0.05) is 23.8 Å². The molecule has 3 heteroatoms. The number of aryl methyl sites for hydroxylation is 2. The van der Waals surface area contributed by atoms with Gasteiger partial charge in [0.2, 0.25) is 0 Å². The molecule has 0 aliphatic heterocycles. The van der Waals surface area contributed by atoms with Gasteiger partial charge in [-0.25, -0.2) is 4.98 Å². The van der Waals surface area contributed by atoms with Crippen molar-refractivity contribution in [3.63, 3.8) is 0 Å². The zero-order chi connectivity index (χ0) is 10.8. The van der Waals surface area contributed by atoms with Gasteiger partial charge in [0.05, 0.1) is 4.88 Å². The number of aldehydes is 1. The lowest BCUT2D eigenvalue weighted by atomic mass is 10.1. The van der Waals surface area contributed by atoms with Crippen molar-refractivity contribution in [2.24, 2.45) is 0 Å². The first-order chi connectivity index (χ1) is 7.20. The summed E-state index contributed by atoms with van der Waals surface area (Å²) in [7, 11) is 0. The normalized spacial score (nSPS) is 10.3. The molecule has 15 heavy (non-hydrogen) atoms. The van der Waals surface area contributed by atoms with E-state index in [9.17, 15) is 4.79 Å². The monoisotopic (exact) mass is 217 g/mol. The molecule has 1 aromatic carbocycles. The number of carbonyl (C=O) groups is 1. The van der Waals surface area contributed by atoms with Crippen molar-refractivity contribution in [2.75, 3.05) is 0 Å². The maximum Gasteiger partial charge on any atom is 0.161 e. The summed E-state index contributed by atoms with van der Waals surface area (Å²) < 4.78 is 0. The molecular formula is C12H11NOS. The average molecular weight is 217 g/mol. The molecule has 76 valence electrons. The summed E-state index contributed by atoms with van der Waals surface area (Å²) in [6, 6.07) is 6.24. The number of hydrogen-bond acceptors (Lipinski definition) is 3. The standard InChI is InChI=1S/C12H11NOS/c1-8-3-4-11(9(2)5-8)12-13-6-10(7-14)15-12/h3-7H,1-2H3. The van der Waals surface area contributed by atoms with Crippen LogP contribution in [0.2, 0.25) is 0 Å². The molecule has 2 nitrogen and oxygen atoms in total. The van der Waals surface area contributed by atoms with Crippen molar-refractivity contribution in [3.05, 3.63) is 40.4 Å². The fourth-order valence-electron chi connectivity index (χ4n) is 1.52. The van der Waals surface area contributed by atoms with Crippen LogP contribution in [0.1, 0.15) is 20.8 Å². The van der Waals surface area contributed by atoms with E-state index >= 15 is 0 Å². The molecule has 0 amide bonds. The maximum absolute atomic E-state index is 10.6. The first-order valence-electron chi connectivity index (χ1n) is 4.69. The lowest BCUT2D eigenvalue weighted by Crippen LogP contribution is -1.82. The fraction of sp³-hybridized carbons (Fsp3) is 0.167. The van der Waals surface area contributed by atoms with Gasteiger partial charge >= 0.3 is 0 Å². The zero-order valence-corrected chi connectivity index (χ0v) is 9.47. The Morgan fingerprint density at radius 1 is 1.33 bits per heavy atom. The second kappa shape index (κ2) is 3.95. The summed E-state index contributed by atoms with van der Waals surface area (Å²) >= 11 is 1.43. The lowest BCUT2D eigenvalue weighted by molar-refractivity contribution is 0.112. The smallest absolute Gasteiger partial charge is 0.161 e. The topological polar surface area (TPSA) is 30.0 Å². The second-order valence-corrected chi connectivity index (χ2v) is 4.57. The number of thiazole rings is 1. The molecule has 0 saturated heterocycles. The summed E-state index contributed by atoms with van der Waals surface area (Å²) in [5, 5.41) is 0.912. The maximum atomic E-state index is 10.6. The first kappa shape index (κ1) is 10.1. The van der Waals surface area contributed by atoms with Crippen LogP contribution < -0.4 is 0 Å². The Morgan fingerprint density at radius 2 is 2.13 bits per heavy atom. The molecule has 0 spiro atoms. The van der Waals surface area contributed by atoms with E-state index in [1.807, 2.05) is 0 Å². The summed E-state index contributed by atoms with van der Waals surface area (Å²) in [6.07, 6.45) is 2.46. The minimum absolute atomic E-state index is 0.671. The summed E-state index contributed by atoms with van der Waals surface area (Å²) in [5.74, 6) is 0. The van der Waals surface area contributed by atoms with Crippen molar-refractivity contribution in [3.8, 4) is 10.6 Å². The van der Waals surface area contributed by atoms with Crippen molar-refractivity contribution in [2.45, 2.75) is 13.8 Å². The number of hydrogen-bond donors (Lipinski definition) is 0. The minimum Gasteiger partial charge on any atom is -0.297 e. The summed E-state index contributed by atoms with van der Waals surface area (Å²) in [4.78, 5) is 15.5. The highest BCUT2D eigenvalue weighted by molar-refractivity contribution is 7.16. The van der Waals surface area contributed by atoms with E-state index in [1.54, 1.807) is 6.20 Å². The van der Waals surface area contributed by atoms with E-state index in [-0.39, 0.29) is 0 Å². The van der Waals surface area contributed by atoms with Crippen molar-refractivity contribution >= 4 is 17.6 Å². The van der Waals surface area contributed by atoms with Crippen molar-refractivity contribution < 1.29 is 4.79 Å². The SMILES string of the molecule is Cc1ccc(-c2ncc(C=O)s2)c(C)c1. The molecule has 0 unspecified atom stereocenters. The molecule has 0 aliphatic rings. The molecule has 1 heterocycles. The molecule has 0 radical (unpaired) electrons. The van der Waals surface area contributed by atoms with Gasteiger partial charge in [-0.05, 0) is 19.4 Å². The number of carbonyl (C=O) groups excluding carboxylic acids is 1.